The van der Waals surface area contributed by atoms with Crippen molar-refractivity contribution >= 4 is 80.9 Å². The molecule has 4 aromatic rings. The molecule has 0 spiro atoms. The topological polar surface area (TPSA) is 226 Å². The minimum atomic E-state index is -1.30. The van der Waals surface area contributed by atoms with Crippen LogP contribution in [0.15, 0.2) is 33.8 Å². The Hall–Kier alpha value is -4.39. The number of amides is 2. The number of aromatic hydroxyl groups is 2. The molecule has 6 N–H and O–H groups in total. The van der Waals surface area contributed by atoms with Gasteiger partial charge < -0.3 is 26.4 Å². The maximum Gasteiger partial charge on any atom is 0.352 e. The number of phenolic OH excluding ortho intramolecular Hbond substituents is 2. The van der Waals surface area contributed by atoms with Gasteiger partial charge in [0.05, 0.1) is 5.02 Å². The van der Waals surface area contributed by atoms with E-state index in [1.165, 1.54) is 45.6 Å². The Balaban J connectivity index is 1.24. The van der Waals surface area contributed by atoms with Crippen molar-refractivity contribution in [2.75, 3.05) is 17.2 Å². The molecular formula is C26H21ClN8O7S3. The summed E-state index contributed by atoms with van der Waals surface area (Å²) in [7, 11) is 0. The average molecular weight is 689 g/mol. The van der Waals surface area contributed by atoms with Crippen LogP contribution in [0.1, 0.15) is 21.7 Å². The lowest BCUT2D eigenvalue weighted by molar-refractivity contribution is -0.150. The molecule has 0 aliphatic carbocycles. The number of nitrogens with two attached hydrogens (primary N) is 1. The number of β-lactam (4-membered cyclic amide) rings is 1. The zero-order valence-corrected chi connectivity index (χ0v) is 26.3. The number of thioether (sulfide) groups is 2. The number of carboxylic acid groups (broad SMARTS) is 1. The largest absolute Gasteiger partial charge is 0.504 e. The molecule has 2 aliphatic rings. The number of hydrogen-bond acceptors (Lipinski definition) is 14. The third-order valence-corrected chi connectivity index (χ3v) is 10.6. The first-order chi connectivity index (χ1) is 21.3. The lowest BCUT2D eigenvalue weighted by Gasteiger charge is -2.49. The number of Topliss-reactive ketones (excluding diaryl/α,β-unsaturated/α-hetero) is 1. The highest BCUT2D eigenvalue weighted by Crippen LogP contribution is 2.42. The third-order valence-electron chi connectivity index (χ3n) is 7.10. The van der Waals surface area contributed by atoms with E-state index in [4.69, 9.17) is 17.3 Å². The molecular weight excluding hydrogens is 668 g/mol. The molecule has 2 amide bonds. The normalized spacial score (nSPS) is 17.8. The van der Waals surface area contributed by atoms with Gasteiger partial charge >= 0.3 is 5.97 Å². The number of carbonyl (C=O) groups is 4. The van der Waals surface area contributed by atoms with E-state index in [1.807, 2.05) is 6.92 Å². The summed E-state index contributed by atoms with van der Waals surface area (Å²) in [6, 6.07) is 1.59. The fourth-order valence-electron chi connectivity index (χ4n) is 4.73. The fourth-order valence-corrected chi connectivity index (χ4v) is 8.12. The Kier molecular flexibility index (Phi) is 7.84. The summed E-state index contributed by atoms with van der Waals surface area (Å²) in [5.74, 6) is -4.00. The maximum absolute atomic E-state index is 13.1. The number of fused-ring (bicyclic) bond motifs is 2. The van der Waals surface area contributed by atoms with Crippen molar-refractivity contribution in [2.45, 2.75) is 30.3 Å². The van der Waals surface area contributed by atoms with E-state index in [2.05, 4.69) is 25.4 Å². The molecule has 2 atom stereocenters. The molecule has 1 fully saturated rings. The van der Waals surface area contributed by atoms with Crippen LogP contribution in [0.25, 0.3) is 17.2 Å². The quantitative estimate of drug-likeness (QED) is 0.0447. The molecule has 1 saturated heterocycles. The number of benzene rings is 1. The third kappa shape index (κ3) is 5.32. The summed E-state index contributed by atoms with van der Waals surface area (Å²) >= 11 is 9.56. The number of carboxylic acids is 1. The van der Waals surface area contributed by atoms with E-state index >= 15 is 0 Å². The van der Waals surface area contributed by atoms with Crippen LogP contribution in [0.4, 0.5) is 5.13 Å². The lowest BCUT2D eigenvalue weighted by Crippen LogP contribution is -2.71. The molecule has 232 valence electrons. The summed E-state index contributed by atoms with van der Waals surface area (Å²) in [6.45, 7) is 3.63. The number of nitrogen functional groups attached to an aromatic ring is 1. The number of rotatable bonds is 8. The number of nitrogens with one attached hydrogen (secondary N) is 1. The number of phenols is 2. The number of aryl methyl sites for hydroxylation is 1. The number of carbonyl (C=O) groups excluding carboxylic acids is 3. The molecule has 15 nitrogen and oxygen atoms in total. The Morgan fingerprint density at radius 3 is 2.62 bits per heavy atom. The van der Waals surface area contributed by atoms with Gasteiger partial charge in [-0.15, -0.1) is 40.0 Å². The molecule has 0 radical (unpaired) electrons. The molecule has 19 heteroatoms. The number of hydrogen-bond donors (Lipinski definition) is 5. The van der Waals surface area contributed by atoms with E-state index in [9.17, 15) is 34.5 Å². The average Bonchev–Trinajstić information content (AvgIpc) is 3.63. The highest BCUT2D eigenvalue weighted by molar-refractivity contribution is 8.01. The van der Waals surface area contributed by atoms with E-state index < -0.39 is 46.5 Å². The van der Waals surface area contributed by atoms with Gasteiger partial charge in [0, 0.05) is 33.7 Å². The van der Waals surface area contributed by atoms with Crippen molar-refractivity contribution in [1.82, 2.24) is 34.8 Å². The van der Waals surface area contributed by atoms with Gasteiger partial charge in [0.15, 0.2) is 22.5 Å². The second-order valence-corrected chi connectivity index (χ2v) is 13.3. The molecule has 3 aromatic heterocycles. The van der Waals surface area contributed by atoms with E-state index in [-0.39, 0.29) is 44.7 Å². The fraction of sp³-hybridized carbons (Fsp3) is 0.231. The highest BCUT2D eigenvalue weighted by Gasteiger charge is 2.54. The lowest BCUT2D eigenvalue weighted by atomic mass is 10.0. The predicted molar refractivity (Wildman–Crippen MR) is 165 cm³/mol. The number of halogens is 1. The van der Waals surface area contributed by atoms with Crippen LogP contribution in [0, 0.1) is 13.8 Å². The van der Waals surface area contributed by atoms with Crippen LogP contribution in [-0.2, 0) is 14.4 Å². The number of aliphatic carboxylic acids is 1. The van der Waals surface area contributed by atoms with Crippen LogP contribution >= 0.6 is 46.5 Å². The molecule has 1 aromatic carbocycles. The standard InChI is InChI=1S/C26H21ClN8O7S3/c1-8-9(2)29-26-32-19(10-3-12(27)17(37)14(36)4-10)33-35(26)22(8)43-5-11-6-44-23-15(21(40)34(23)16(11)24(41)42)31-20(39)18(38)13-7-45-25(28)30-13/h3-4,7,15,23,36-37H,5-6H2,1-2H3,(H2,28,30)(H,31,39)(H,41,42)/t15-,23-/m1/s1. The predicted octanol–water partition coefficient (Wildman–Crippen LogP) is 2.23. The monoisotopic (exact) mass is 688 g/mol. The number of nitrogens with zero attached hydrogens (tertiary/aromatic N) is 6. The Morgan fingerprint density at radius 1 is 1.20 bits per heavy atom. The van der Waals surface area contributed by atoms with Crippen LogP contribution in [0.3, 0.4) is 0 Å². The minimum absolute atomic E-state index is 0.0846. The van der Waals surface area contributed by atoms with Gasteiger partial charge in [-0.25, -0.2) is 14.8 Å². The highest BCUT2D eigenvalue weighted by atomic mass is 35.5. The van der Waals surface area contributed by atoms with Gasteiger partial charge in [-0.05, 0) is 31.6 Å². The first kappa shape index (κ1) is 30.6. The SMILES string of the molecule is Cc1nc2nc(-c3cc(O)c(O)c(Cl)c3)nn2c(SCC2=C(C(=O)O)N3C(=O)[C@@H](NC(=O)C(=O)c4csc(N)n4)[C@H]3SC2)c1C. The van der Waals surface area contributed by atoms with Crippen LogP contribution in [0.5, 0.6) is 11.5 Å². The first-order valence-corrected chi connectivity index (χ1v) is 16.2. The Bertz CT molecular complexity index is 1970. The van der Waals surface area contributed by atoms with Crippen molar-refractivity contribution < 1.29 is 34.5 Å². The molecule has 2 aliphatic heterocycles. The smallest absolute Gasteiger partial charge is 0.352 e. The molecule has 0 saturated carbocycles. The van der Waals surface area contributed by atoms with E-state index in [0.717, 1.165) is 21.8 Å². The maximum atomic E-state index is 13.1. The summed E-state index contributed by atoms with van der Waals surface area (Å²) in [5, 5.41) is 38.1. The number of aromatic nitrogens is 5. The zero-order chi connectivity index (χ0) is 32.3. The van der Waals surface area contributed by atoms with E-state index in [1.54, 1.807) is 6.92 Å². The van der Waals surface area contributed by atoms with Crippen molar-refractivity contribution in [1.29, 1.82) is 0 Å². The van der Waals surface area contributed by atoms with Gasteiger partial charge in [-0.2, -0.15) is 9.50 Å². The van der Waals surface area contributed by atoms with Crippen molar-refractivity contribution in [3.63, 3.8) is 0 Å². The number of thiazole rings is 1. The minimum Gasteiger partial charge on any atom is -0.504 e. The van der Waals surface area contributed by atoms with Gasteiger partial charge in [0.1, 0.15) is 27.8 Å². The van der Waals surface area contributed by atoms with Gasteiger partial charge in [-0.1, -0.05) is 11.6 Å². The van der Waals surface area contributed by atoms with Crippen LogP contribution in [-0.4, -0.2) is 91.3 Å². The molecule has 5 heterocycles. The zero-order valence-electron chi connectivity index (χ0n) is 23.1. The van der Waals surface area contributed by atoms with Crippen molar-refractivity contribution in [3.05, 3.63) is 50.8 Å². The van der Waals surface area contributed by atoms with Gasteiger partial charge in [-0.3, -0.25) is 19.3 Å². The summed E-state index contributed by atoms with van der Waals surface area (Å²) in [6.07, 6.45) is 0. The molecule has 0 unspecified atom stereocenters. The second kappa shape index (κ2) is 11.5. The first-order valence-electron chi connectivity index (χ1n) is 12.9. The molecule has 0 bridgehead atoms. The van der Waals surface area contributed by atoms with E-state index in [0.29, 0.717) is 21.9 Å². The van der Waals surface area contributed by atoms with Gasteiger partial charge in [0.25, 0.3) is 23.4 Å². The summed E-state index contributed by atoms with van der Waals surface area (Å²) < 4.78 is 1.49. The second-order valence-electron chi connectivity index (χ2n) is 9.91. The number of anilines is 1. The Morgan fingerprint density at radius 2 is 1.96 bits per heavy atom. The number of ketones is 1. The Labute approximate surface area is 270 Å². The van der Waals surface area contributed by atoms with Crippen LogP contribution < -0.4 is 11.1 Å². The van der Waals surface area contributed by atoms with Crippen molar-refractivity contribution in [3.8, 4) is 22.9 Å². The summed E-state index contributed by atoms with van der Waals surface area (Å²) in [4.78, 5) is 64.3. The van der Waals surface area contributed by atoms with Crippen LogP contribution in [0.2, 0.25) is 5.02 Å². The summed E-state index contributed by atoms with van der Waals surface area (Å²) in [5.41, 5.74) is 7.44. The van der Waals surface area contributed by atoms with Gasteiger partial charge in [0.2, 0.25) is 0 Å². The van der Waals surface area contributed by atoms with Crippen molar-refractivity contribution in [2.24, 2.45) is 0 Å². The molecule has 6 rings (SSSR count). The molecule has 45 heavy (non-hydrogen) atoms.